The van der Waals surface area contributed by atoms with Crippen LogP contribution >= 0.6 is 0 Å². The Hall–Kier alpha value is -1.23. The van der Waals surface area contributed by atoms with Crippen LogP contribution < -0.4 is 5.32 Å². The Morgan fingerprint density at radius 1 is 1.35 bits per heavy atom. The lowest BCUT2D eigenvalue weighted by molar-refractivity contribution is -0.166. The Morgan fingerprint density at radius 3 is 2.53 bits per heavy atom. The first-order valence-electron chi connectivity index (χ1n) is 5.44. The van der Waals surface area contributed by atoms with Gasteiger partial charge in [-0.3, -0.25) is 5.32 Å². The van der Waals surface area contributed by atoms with Gasteiger partial charge >= 0.3 is 6.18 Å². The van der Waals surface area contributed by atoms with E-state index >= 15 is 0 Å². The van der Waals surface area contributed by atoms with Crippen LogP contribution in [0.1, 0.15) is 24.0 Å². The lowest BCUT2D eigenvalue weighted by Crippen LogP contribution is -2.44. The molecule has 0 heterocycles. The summed E-state index contributed by atoms with van der Waals surface area (Å²) >= 11 is 0. The average Bonchev–Trinajstić information content (AvgIpc) is 2.99. The number of phenols is 1. The molecule has 2 N–H and O–H groups in total. The first-order valence-corrected chi connectivity index (χ1v) is 5.44. The van der Waals surface area contributed by atoms with Crippen molar-refractivity contribution < 1.29 is 18.3 Å². The summed E-state index contributed by atoms with van der Waals surface area (Å²) in [7, 11) is 0. The van der Waals surface area contributed by atoms with Crippen molar-refractivity contribution in [3.05, 3.63) is 29.3 Å². The summed E-state index contributed by atoms with van der Waals surface area (Å²) in [5.41, 5.74) is -0.319. The monoisotopic (exact) mass is 245 g/mol. The van der Waals surface area contributed by atoms with Crippen LogP contribution in [-0.2, 0) is 6.54 Å². The van der Waals surface area contributed by atoms with Gasteiger partial charge in [0.1, 0.15) is 11.3 Å². The number of benzene rings is 1. The van der Waals surface area contributed by atoms with Crippen molar-refractivity contribution in [3.8, 4) is 5.75 Å². The van der Waals surface area contributed by atoms with Crippen molar-refractivity contribution in [1.29, 1.82) is 0 Å². The summed E-state index contributed by atoms with van der Waals surface area (Å²) in [4.78, 5) is 0. The van der Waals surface area contributed by atoms with E-state index in [0.717, 1.165) is 5.56 Å². The average molecular weight is 245 g/mol. The molecule has 0 spiro atoms. The summed E-state index contributed by atoms with van der Waals surface area (Å²) in [5.74, 6) is 0.0288. The van der Waals surface area contributed by atoms with Gasteiger partial charge in [0.15, 0.2) is 0 Å². The molecule has 1 saturated carbocycles. The first-order chi connectivity index (χ1) is 7.84. The smallest absolute Gasteiger partial charge is 0.406 e. The fourth-order valence-electron chi connectivity index (χ4n) is 1.81. The fourth-order valence-corrected chi connectivity index (χ4v) is 1.81. The second-order valence-electron chi connectivity index (χ2n) is 4.57. The van der Waals surface area contributed by atoms with Gasteiger partial charge in [-0.05, 0) is 25.8 Å². The van der Waals surface area contributed by atoms with Crippen molar-refractivity contribution in [2.75, 3.05) is 0 Å². The van der Waals surface area contributed by atoms with E-state index in [1.54, 1.807) is 12.1 Å². The zero-order valence-electron chi connectivity index (χ0n) is 9.43. The number of alkyl halides is 3. The number of phenolic OH excluding ortho intramolecular Hbond substituents is 1. The first kappa shape index (κ1) is 12.2. The minimum absolute atomic E-state index is 0.0288. The van der Waals surface area contributed by atoms with Gasteiger partial charge in [-0.25, -0.2) is 0 Å². The number of rotatable bonds is 3. The third kappa shape index (κ3) is 2.39. The Bertz CT molecular complexity index is 424. The molecule has 94 valence electrons. The predicted molar refractivity (Wildman–Crippen MR) is 57.7 cm³/mol. The van der Waals surface area contributed by atoms with Crippen LogP contribution in [0, 0.1) is 6.92 Å². The molecule has 0 aliphatic heterocycles. The maximum Gasteiger partial charge on any atom is 0.406 e. The van der Waals surface area contributed by atoms with Crippen LogP contribution in [0.15, 0.2) is 18.2 Å². The van der Waals surface area contributed by atoms with Gasteiger partial charge < -0.3 is 5.11 Å². The van der Waals surface area contributed by atoms with E-state index in [2.05, 4.69) is 5.32 Å². The van der Waals surface area contributed by atoms with E-state index in [1.807, 2.05) is 6.92 Å². The van der Waals surface area contributed by atoms with Crippen molar-refractivity contribution in [2.45, 2.75) is 38.0 Å². The zero-order chi connectivity index (χ0) is 12.7. The second kappa shape index (κ2) is 3.91. The second-order valence-corrected chi connectivity index (χ2v) is 4.57. The Labute approximate surface area is 97.5 Å². The quantitative estimate of drug-likeness (QED) is 0.858. The third-order valence-electron chi connectivity index (χ3n) is 3.14. The summed E-state index contributed by atoms with van der Waals surface area (Å²) in [5, 5.41) is 12.0. The van der Waals surface area contributed by atoms with E-state index in [-0.39, 0.29) is 25.1 Å². The highest BCUT2D eigenvalue weighted by atomic mass is 19.4. The maximum atomic E-state index is 12.7. The zero-order valence-corrected chi connectivity index (χ0v) is 9.43. The van der Waals surface area contributed by atoms with Gasteiger partial charge in [0.2, 0.25) is 0 Å². The molecular formula is C12H14F3NO. The van der Waals surface area contributed by atoms with Gasteiger partial charge in [0.05, 0.1) is 0 Å². The molecule has 1 fully saturated rings. The SMILES string of the molecule is Cc1ccc(O)c(CNC2(C(F)(F)F)CC2)c1. The molecule has 17 heavy (non-hydrogen) atoms. The van der Waals surface area contributed by atoms with Crippen LogP contribution in [0.2, 0.25) is 0 Å². The molecule has 1 aromatic rings. The summed E-state index contributed by atoms with van der Waals surface area (Å²) < 4.78 is 38.0. The molecule has 1 aromatic carbocycles. The Morgan fingerprint density at radius 2 is 2.00 bits per heavy atom. The molecule has 0 aromatic heterocycles. The van der Waals surface area contributed by atoms with Crippen molar-refractivity contribution in [3.63, 3.8) is 0 Å². The Kier molecular flexibility index (Phi) is 2.81. The van der Waals surface area contributed by atoms with Gasteiger partial charge in [-0.2, -0.15) is 13.2 Å². The van der Waals surface area contributed by atoms with E-state index in [4.69, 9.17) is 0 Å². The highest BCUT2D eigenvalue weighted by Crippen LogP contribution is 2.49. The van der Waals surface area contributed by atoms with E-state index < -0.39 is 11.7 Å². The molecule has 0 atom stereocenters. The van der Waals surface area contributed by atoms with Crippen LogP contribution in [0.25, 0.3) is 0 Å². The predicted octanol–water partition coefficient (Wildman–Crippen LogP) is 2.89. The van der Waals surface area contributed by atoms with Crippen molar-refractivity contribution >= 4 is 0 Å². The van der Waals surface area contributed by atoms with Gasteiger partial charge in [0.25, 0.3) is 0 Å². The number of nitrogens with one attached hydrogen (secondary N) is 1. The fraction of sp³-hybridized carbons (Fsp3) is 0.500. The topological polar surface area (TPSA) is 32.3 Å². The van der Waals surface area contributed by atoms with Crippen molar-refractivity contribution in [2.24, 2.45) is 0 Å². The van der Waals surface area contributed by atoms with E-state index in [0.29, 0.717) is 5.56 Å². The summed E-state index contributed by atoms with van der Waals surface area (Å²) in [6.07, 6.45) is -3.99. The Balaban J connectivity index is 2.06. The number of hydrogen-bond donors (Lipinski definition) is 2. The number of halogens is 3. The van der Waals surface area contributed by atoms with E-state index in [1.165, 1.54) is 6.07 Å². The van der Waals surface area contributed by atoms with E-state index in [9.17, 15) is 18.3 Å². The van der Waals surface area contributed by atoms with Gasteiger partial charge in [-0.15, -0.1) is 0 Å². The number of aromatic hydroxyl groups is 1. The highest BCUT2D eigenvalue weighted by molar-refractivity contribution is 5.35. The minimum Gasteiger partial charge on any atom is -0.508 e. The normalized spacial score (nSPS) is 18.1. The van der Waals surface area contributed by atoms with Crippen LogP contribution in [0.5, 0.6) is 5.75 Å². The standard InChI is InChI=1S/C12H14F3NO/c1-8-2-3-10(17)9(6-8)7-16-11(4-5-11)12(13,14)15/h2-3,6,16-17H,4-5,7H2,1H3. The molecule has 0 bridgehead atoms. The molecule has 5 heteroatoms. The largest absolute Gasteiger partial charge is 0.508 e. The number of aryl methyl sites for hydroxylation is 1. The minimum atomic E-state index is -4.22. The molecule has 0 radical (unpaired) electrons. The molecule has 2 rings (SSSR count). The van der Waals surface area contributed by atoms with Crippen LogP contribution in [-0.4, -0.2) is 16.8 Å². The van der Waals surface area contributed by atoms with Crippen LogP contribution in [0.3, 0.4) is 0 Å². The summed E-state index contributed by atoms with van der Waals surface area (Å²) in [6, 6.07) is 4.91. The highest BCUT2D eigenvalue weighted by Gasteiger charge is 2.62. The lowest BCUT2D eigenvalue weighted by Gasteiger charge is -2.21. The number of hydrogen-bond acceptors (Lipinski definition) is 2. The molecule has 0 saturated heterocycles. The molecule has 0 amide bonds. The molecule has 1 aliphatic rings. The molecule has 0 unspecified atom stereocenters. The van der Waals surface area contributed by atoms with Gasteiger partial charge in [-0.1, -0.05) is 17.7 Å². The van der Waals surface area contributed by atoms with Crippen molar-refractivity contribution in [1.82, 2.24) is 5.32 Å². The summed E-state index contributed by atoms with van der Waals surface area (Å²) in [6.45, 7) is 1.87. The molecular weight excluding hydrogens is 231 g/mol. The van der Waals surface area contributed by atoms with Gasteiger partial charge in [0, 0.05) is 12.1 Å². The molecule has 2 nitrogen and oxygen atoms in total. The lowest BCUT2D eigenvalue weighted by atomic mass is 10.1. The molecule has 1 aliphatic carbocycles. The van der Waals surface area contributed by atoms with Crippen LogP contribution in [0.4, 0.5) is 13.2 Å². The maximum absolute atomic E-state index is 12.7. The third-order valence-corrected chi connectivity index (χ3v) is 3.14.